The maximum Gasteiger partial charge on any atom is 0.344 e. The van der Waals surface area contributed by atoms with E-state index in [9.17, 15) is 4.79 Å². The zero-order chi connectivity index (χ0) is 18.4. The zero-order valence-electron chi connectivity index (χ0n) is 14.6. The Bertz CT molecular complexity index is 856. The van der Waals surface area contributed by atoms with Crippen LogP contribution < -0.4 is 9.47 Å². The van der Waals surface area contributed by atoms with Crippen LogP contribution >= 0.6 is 0 Å². The van der Waals surface area contributed by atoms with Crippen molar-refractivity contribution < 1.29 is 23.4 Å². The predicted molar refractivity (Wildman–Crippen MR) is 95.0 cm³/mol. The molecule has 6 nitrogen and oxygen atoms in total. The van der Waals surface area contributed by atoms with Crippen LogP contribution in [0.25, 0.3) is 11.5 Å². The molecule has 3 rings (SSSR count). The highest BCUT2D eigenvalue weighted by Gasteiger charge is 2.13. The Morgan fingerprint density at radius 2 is 1.73 bits per heavy atom. The van der Waals surface area contributed by atoms with Crippen LogP contribution in [0.1, 0.15) is 11.5 Å². The number of carbonyl (C=O) groups excluding carboxylic acids is 1. The summed E-state index contributed by atoms with van der Waals surface area (Å²) in [5.41, 5.74) is 1.46. The highest BCUT2D eigenvalue weighted by Crippen LogP contribution is 2.22. The number of methoxy groups -OCH3 is 1. The molecule has 0 aliphatic carbocycles. The molecule has 134 valence electrons. The average Bonchev–Trinajstić information content (AvgIpc) is 3.06. The molecule has 0 fully saturated rings. The van der Waals surface area contributed by atoms with Crippen molar-refractivity contribution in [1.29, 1.82) is 0 Å². The summed E-state index contributed by atoms with van der Waals surface area (Å²) in [4.78, 5) is 16.3. The molecule has 0 amide bonds. The minimum atomic E-state index is -0.482. The van der Waals surface area contributed by atoms with Crippen LogP contribution in [0, 0.1) is 6.92 Å². The Balaban J connectivity index is 1.52. The van der Waals surface area contributed by atoms with Crippen molar-refractivity contribution in [1.82, 2.24) is 4.98 Å². The van der Waals surface area contributed by atoms with Crippen molar-refractivity contribution in [3.05, 3.63) is 66.1 Å². The molecule has 26 heavy (non-hydrogen) atoms. The standard InChI is InChI=1S/C20H19NO5/c1-14-18(21-20(26-14)15-6-4-3-5-7-15)12-25-19(22)13-24-17-10-8-16(23-2)9-11-17/h3-11H,12-13H2,1-2H3. The van der Waals surface area contributed by atoms with E-state index < -0.39 is 5.97 Å². The zero-order valence-corrected chi connectivity index (χ0v) is 14.6. The highest BCUT2D eigenvalue weighted by atomic mass is 16.6. The van der Waals surface area contributed by atoms with Gasteiger partial charge in [-0.1, -0.05) is 18.2 Å². The molecule has 0 saturated carbocycles. The number of ether oxygens (including phenoxy) is 3. The minimum Gasteiger partial charge on any atom is -0.497 e. The van der Waals surface area contributed by atoms with Crippen molar-refractivity contribution in [3.63, 3.8) is 0 Å². The second-order valence-corrected chi connectivity index (χ2v) is 5.51. The second kappa shape index (κ2) is 8.20. The Kier molecular flexibility index (Phi) is 5.53. The van der Waals surface area contributed by atoms with E-state index in [0.29, 0.717) is 23.1 Å². The molecule has 0 aliphatic rings. The van der Waals surface area contributed by atoms with Gasteiger partial charge in [-0.05, 0) is 43.3 Å². The van der Waals surface area contributed by atoms with Crippen LogP contribution in [0.5, 0.6) is 11.5 Å². The molecular formula is C20H19NO5. The Morgan fingerprint density at radius 1 is 1.04 bits per heavy atom. The lowest BCUT2D eigenvalue weighted by Gasteiger charge is -2.07. The summed E-state index contributed by atoms with van der Waals surface area (Å²) in [7, 11) is 1.59. The smallest absolute Gasteiger partial charge is 0.344 e. The first kappa shape index (κ1) is 17.5. The lowest BCUT2D eigenvalue weighted by atomic mass is 10.2. The van der Waals surface area contributed by atoms with Crippen molar-refractivity contribution in [2.24, 2.45) is 0 Å². The first-order chi connectivity index (χ1) is 12.7. The van der Waals surface area contributed by atoms with E-state index in [-0.39, 0.29) is 13.2 Å². The SMILES string of the molecule is COc1ccc(OCC(=O)OCc2nc(-c3ccccc3)oc2C)cc1. The molecule has 0 radical (unpaired) electrons. The van der Waals surface area contributed by atoms with Crippen LogP contribution in [-0.4, -0.2) is 24.7 Å². The minimum absolute atomic E-state index is 0.0347. The third kappa shape index (κ3) is 4.42. The van der Waals surface area contributed by atoms with Crippen LogP contribution in [0.2, 0.25) is 0 Å². The van der Waals surface area contributed by atoms with Crippen molar-refractivity contribution in [2.45, 2.75) is 13.5 Å². The van der Waals surface area contributed by atoms with Gasteiger partial charge in [-0.15, -0.1) is 0 Å². The molecule has 0 aliphatic heterocycles. The molecule has 0 unspecified atom stereocenters. The van der Waals surface area contributed by atoms with E-state index in [0.717, 1.165) is 11.3 Å². The molecule has 0 atom stereocenters. The van der Waals surface area contributed by atoms with Gasteiger partial charge in [0.1, 0.15) is 29.6 Å². The van der Waals surface area contributed by atoms with Crippen LogP contribution in [0.3, 0.4) is 0 Å². The normalized spacial score (nSPS) is 10.4. The summed E-state index contributed by atoms with van der Waals surface area (Å²) < 4.78 is 21.3. The number of rotatable bonds is 7. The van der Waals surface area contributed by atoms with E-state index >= 15 is 0 Å². The number of oxazole rings is 1. The van der Waals surface area contributed by atoms with Gasteiger partial charge < -0.3 is 18.6 Å². The molecule has 0 bridgehead atoms. The number of carbonyl (C=O) groups is 1. The van der Waals surface area contributed by atoms with E-state index in [1.54, 1.807) is 38.3 Å². The van der Waals surface area contributed by atoms with Gasteiger partial charge in [0.2, 0.25) is 5.89 Å². The lowest BCUT2D eigenvalue weighted by Crippen LogP contribution is -2.15. The average molecular weight is 353 g/mol. The number of nitrogens with zero attached hydrogens (tertiary/aromatic N) is 1. The maximum absolute atomic E-state index is 11.9. The monoisotopic (exact) mass is 353 g/mol. The number of benzene rings is 2. The van der Waals surface area contributed by atoms with Crippen molar-refractivity contribution in [2.75, 3.05) is 13.7 Å². The second-order valence-electron chi connectivity index (χ2n) is 5.51. The first-order valence-corrected chi connectivity index (χ1v) is 8.10. The van der Waals surface area contributed by atoms with Gasteiger partial charge in [-0.3, -0.25) is 0 Å². The number of hydrogen-bond donors (Lipinski definition) is 0. The fourth-order valence-corrected chi connectivity index (χ4v) is 2.27. The maximum atomic E-state index is 11.9. The summed E-state index contributed by atoms with van der Waals surface area (Å²) >= 11 is 0. The van der Waals surface area contributed by atoms with E-state index in [1.165, 1.54) is 0 Å². The van der Waals surface area contributed by atoms with Gasteiger partial charge >= 0.3 is 5.97 Å². The van der Waals surface area contributed by atoms with Gasteiger partial charge in [-0.25, -0.2) is 9.78 Å². The summed E-state index contributed by atoms with van der Waals surface area (Å²) in [5.74, 6) is 1.92. The molecule has 3 aromatic rings. The molecule has 2 aromatic carbocycles. The lowest BCUT2D eigenvalue weighted by molar-refractivity contribution is -0.147. The molecule has 6 heteroatoms. The van der Waals surface area contributed by atoms with E-state index in [1.807, 2.05) is 30.3 Å². The third-order valence-corrected chi connectivity index (χ3v) is 3.70. The quantitative estimate of drug-likeness (QED) is 0.602. The van der Waals surface area contributed by atoms with Gasteiger partial charge in [0.25, 0.3) is 0 Å². The molecular weight excluding hydrogens is 334 g/mol. The van der Waals surface area contributed by atoms with Crippen molar-refractivity contribution in [3.8, 4) is 23.0 Å². The number of aryl methyl sites for hydroxylation is 1. The van der Waals surface area contributed by atoms with E-state index in [2.05, 4.69) is 4.98 Å². The predicted octanol–water partition coefficient (Wildman–Crippen LogP) is 3.78. The van der Waals surface area contributed by atoms with Gasteiger partial charge in [-0.2, -0.15) is 0 Å². The van der Waals surface area contributed by atoms with Crippen LogP contribution in [-0.2, 0) is 16.1 Å². The van der Waals surface area contributed by atoms with Crippen LogP contribution in [0.15, 0.2) is 59.0 Å². The summed E-state index contributed by atoms with van der Waals surface area (Å²) in [6.07, 6.45) is 0. The summed E-state index contributed by atoms with van der Waals surface area (Å²) in [6.45, 7) is 1.64. The topological polar surface area (TPSA) is 70.8 Å². The first-order valence-electron chi connectivity index (χ1n) is 8.10. The molecule has 0 saturated heterocycles. The highest BCUT2D eigenvalue weighted by molar-refractivity contribution is 5.71. The largest absolute Gasteiger partial charge is 0.497 e. The summed E-state index contributed by atoms with van der Waals surface area (Å²) in [5, 5.41) is 0. The molecule has 0 spiro atoms. The molecule has 1 aromatic heterocycles. The Morgan fingerprint density at radius 3 is 2.42 bits per heavy atom. The Hall–Kier alpha value is -3.28. The van der Waals surface area contributed by atoms with E-state index in [4.69, 9.17) is 18.6 Å². The van der Waals surface area contributed by atoms with Gasteiger partial charge in [0.05, 0.1) is 7.11 Å². The molecule has 1 heterocycles. The van der Waals surface area contributed by atoms with Crippen LogP contribution in [0.4, 0.5) is 0 Å². The van der Waals surface area contributed by atoms with Gasteiger partial charge in [0.15, 0.2) is 6.61 Å². The molecule has 0 N–H and O–H groups in total. The Labute approximate surface area is 151 Å². The number of esters is 1. The number of aromatic nitrogens is 1. The summed E-state index contributed by atoms with van der Waals surface area (Å²) in [6, 6.07) is 16.5. The fourth-order valence-electron chi connectivity index (χ4n) is 2.27. The van der Waals surface area contributed by atoms with Gasteiger partial charge in [0, 0.05) is 5.56 Å². The third-order valence-electron chi connectivity index (χ3n) is 3.70. The number of hydrogen-bond acceptors (Lipinski definition) is 6. The van der Waals surface area contributed by atoms with Crippen molar-refractivity contribution >= 4 is 5.97 Å². The fraction of sp³-hybridized carbons (Fsp3) is 0.200.